The predicted molar refractivity (Wildman–Crippen MR) is 262 cm³/mol. The van der Waals surface area contributed by atoms with E-state index in [9.17, 15) is 0 Å². The fourth-order valence-electron chi connectivity index (χ4n) is 9.27. The molecule has 0 aliphatic heterocycles. The highest BCUT2D eigenvalue weighted by Crippen LogP contribution is 2.44. The van der Waals surface area contributed by atoms with Gasteiger partial charge in [0.15, 0.2) is 5.82 Å². The molecule has 0 spiro atoms. The van der Waals surface area contributed by atoms with E-state index in [1.165, 1.54) is 21.7 Å². The molecule has 0 amide bonds. The highest BCUT2D eigenvalue weighted by atomic mass is 15.0. The Balaban J connectivity index is 1.02. The van der Waals surface area contributed by atoms with Gasteiger partial charge in [-0.2, -0.15) is 0 Å². The normalized spacial score (nSPS) is 11.5. The zero-order chi connectivity index (χ0) is 41.7. The molecule has 3 aromatic heterocycles. The van der Waals surface area contributed by atoms with Gasteiger partial charge in [-0.1, -0.05) is 188 Å². The molecule has 4 nitrogen and oxygen atoms in total. The molecule has 12 aromatic rings. The van der Waals surface area contributed by atoms with Crippen molar-refractivity contribution in [1.82, 2.24) is 19.5 Å². The van der Waals surface area contributed by atoms with Gasteiger partial charge in [-0.05, 0) is 64.5 Å². The molecule has 0 radical (unpaired) electrons. The van der Waals surface area contributed by atoms with E-state index in [1.807, 2.05) is 36.4 Å². The lowest BCUT2D eigenvalue weighted by Crippen LogP contribution is -1.96. The van der Waals surface area contributed by atoms with Gasteiger partial charge in [-0.25, -0.2) is 15.0 Å². The van der Waals surface area contributed by atoms with Gasteiger partial charge in [0.2, 0.25) is 0 Å². The lowest BCUT2D eigenvalue weighted by Gasteiger charge is -2.15. The van der Waals surface area contributed by atoms with Gasteiger partial charge >= 0.3 is 0 Å². The number of hydrogen-bond acceptors (Lipinski definition) is 3. The number of benzene rings is 9. The van der Waals surface area contributed by atoms with Gasteiger partial charge < -0.3 is 4.57 Å². The maximum atomic E-state index is 5.69. The van der Waals surface area contributed by atoms with Crippen LogP contribution in [0.4, 0.5) is 0 Å². The first-order chi connectivity index (χ1) is 31.2. The van der Waals surface area contributed by atoms with E-state index >= 15 is 0 Å². The second-order valence-electron chi connectivity index (χ2n) is 16.0. The molecule has 0 fully saturated rings. The minimum atomic E-state index is 0.702. The molecule has 0 saturated heterocycles. The van der Waals surface area contributed by atoms with E-state index in [-0.39, 0.29) is 0 Å². The van der Waals surface area contributed by atoms with Crippen molar-refractivity contribution in [3.63, 3.8) is 0 Å². The van der Waals surface area contributed by atoms with Crippen LogP contribution >= 0.6 is 0 Å². The van der Waals surface area contributed by atoms with Crippen LogP contribution in [0.1, 0.15) is 0 Å². The molecule has 12 rings (SSSR count). The first kappa shape index (κ1) is 36.4. The lowest BCUT2D eigenvalue weighted by molar-refractivity contribution is 1.18. The molecule has 0 aliphatic carbocycles. The number of aromatic nitrogens is 4. The Labute approximate surface area is 365 Å². The van der Waals surface area contributed by atoms with Crippen LogP contribution in [-0.2, 0) is 0 Å². The zero-order valence-electron chi connectivity index (χ0n) is 34.2. The van der Waals surface area contributed by atoms with Crippen molar-refractivity contribution < 1.29 is 0 Å². The van der Waals surface area contributed by atoms with E-state index in [0.29, 0.717) is 5.82 Å². The summed E-state index contributed by atoms with van der Waals surface area (Å²) < 4.78 is 2.38. The van der Waals surface area contributed by atoms with E-state index in [0.717, 1.165) is 89.1 Å². The molecule has 9 aromatic carbocycles. The van der Waals surface area contributed by atoms with Gasteiger partial charge in [-0.3, -0.25) is 0 Å². The summed E-state index contributed by atoms with van der Waals surface area (Å²) in [5, 5.41) is 5.89. The fourth-order valence-corrected chi connectivity index (χ4v) is 9.27. The Hall–Kier alpha value is -8.47. The minimum absolute atomic E-state index is 0.702. The largest absolute Gasteiger partial charge is 0.309 e. The number of fused-ring (bicyclic) bond motifs is 7. The van der Waals surface area contributed by atoms with Crippen molar-refractivity contribution in [1.29, 1.82) is 0 Å². The Kier molecular flexibility index (Phi) is 8.79. The smallest absolute Gasteiger partial charge is 0.160 e. The quantitative estimate of drug-likeness (QED) is 0.151. The summed E-state index contributed by atoms with van der Waals surface area (Å²) in [7, 11) is 0. The summed E-state index contributed by atoms with van der Waals surface area (Å²) in [5.41, 5.74) is 15.8. The summed E-state index contributed by atoms with van der Waals surface area (Å²) in [6.45, 7) is 0. The highest BCUT2D eigenvalue weighted by molar-refractivity contribution is 6.29. The molecule has 3 heterocycles. The third kappa shape index (κ3) is 6.36. The van der Waals surface area contributed by atoms with Crippen LogP contribution in [0.3, 0.4) is 0 Å². The van der Waals surface area contributed by atoms with Crippen LogP contribution in [0.5, 0.6) is 0 Å². The van der Waals surface area contributed by atoms with Gasteiger partial charge in [0.25, 0.3) is 0 Å². The van der Waals surface area contributed by atoms with Crippen LogP contribution in [0.2, 0.25) is 0 Å². The summed E-state index contributed by atoms with van der Waals surface area (Å²) in [4.78, 5) is 15.8. The fraction of sp³-hybridized carbons (Fsp3) is 0. The van der Waals surface area contributed by atoms with Crippen molar-refractivity contribution in [2.45, 2.75) is 0 Å². The van der Waals surface area contributed by atoms with E-state index in [2.05, 4.69) is 199 Å². The SMILES string of the molecule is c1ccc(-c2cc(-c3cccc(-c4cccc(-c5cccc6c5nc(-c5ccccc5)c5c6ccc6c5c5ccccc5n6-c5ccccc5)c4)c3)nc(-c3ccccc3)n2)cc1. The average molecular weight is 803 g/mol. The maximum Gasteiger partial charge on any atom is 0.160 e. The van der Waals surface area contributed by atoms with Crippen molar-refractivity contribution >= 4 is 43.5 Å². The first-order valence-electron chi connectivity index (χ1n) is 21.4. The van der Waals surface area contributed by atoms with Gasteiger partial charge in [0, 0.05) is 55.0 Å². The number of nitrogens with zero attached hydrogens (tertiary/aromatic N) is 4. The number of para-hydroxylation sites is 3. The van der Waals surface area contributed by atoms with Crippen molar-refractivity contribution in [3.05, 3.63) is 231 Å². The standard InChI is InChI=1S/C59H38N4/c1-5-18-39(19-6-1)51-38-52(61-59(60-51)41-22-9-3-10-23-41)45-27-16-25-43(37-45)42-24-15-26-44(36-42)47-31-17-32-49-48-34-35-54-55(56(48)57(62-58(47)49)40-20-7-2-8-21-40)50-30-13-14-33-53(50)63(54)46-28-11-4-12-29-46/h1-38H. The summed E-state index contributed by atoms with van der Waals surface area (Å²) in [6, 6.07) is 81.4. The molecule has 0 unspecified atom stereocenters. The van der Waals surface area contributed by atoms with E-state index < -0.39 is 0 Å². The second kappa shape index (κ2) is 15.2. The predicted octanol–water partition coefficient (Wildman–Crippen LogP) is 15.3. The van der Waals surface area contributed by atoms with Gasteiger partial charge in [-0.15, -0.1) is 0 Å². The second-order valence-corrected chi connectivity index (χ2v) is 16.0. The first-order valence-corrected chi connectivity index (χ1v) is 21.4. The van der Waals surface area contributed by atoms with Crippen molar-refractivity contribution in [2.75, 3.05) is 0 Å². The minimum Gasteiger partial charge on any atom is -0.309 e. The third-order valence-electron chi connectivity index (χ3n) is 12.2. The Morgan fingerprint density at radius 2 is 0.841 bits per heavy atom. The molecule has 294 valence electrons. The maximum absolute atomic E-state index is 5.69. The molecule has 63 heavy (non-hydrogen) atoms. The molecule has 0 N–H and O–H groups in total. The molecular formula is C59H38N4. The van der Waals surface area contributed by atoms with Crippen LogP contribution in [0.15, 0.2) is 231 Å². The molecule has 0 aliphatic rings. The van der Waals surface area contributed by atoms with Gasteiger partial charge in [0.1, 0.15) is 0 Å². The Morgan fingerprint density at radius 3 is 1.57 bits per heavy atom. The Bertz CT molecular complexity index is 3600. The molecule has 0 bridgehead atoms. The van der Waals surface area contributed by atoms with Crippen molar-refractivity contribution in [3.8, 4) is 73.1 Å². The van der Waals surface area contributed by atoms with Crippen LogP contribution in [0.25, 0.3) is 117 Å². The molecule has 0 saturated carbocycles. The topological polar surface area (TPSA) is 43.6 Å². The summed E-state index contributed by atoms with van der Waals surface area (Å²) in [5.74, 6) is 0.702. The molecule has 0 atom stereocenters. The van der Waals surface area contributed by atoms with E-state index in [1.54, 1.807) is 0 Å². The van der Waals surface area contributed by atoms with Crippen LogP contribution < -0.4 is 0 Å². The van der Waals surface area contributed by atoms with E-state index in [4.69, 9.17) is 15.0 Å². The van der Waals surface area contributed by atoms with Gasteiger partial charge in [0.05, 0.1) is 33.6 Å². The molecular weight excluding hydrogens is 765 g/mol. The lowest BCUT2D eigenvalue weighted by atomic mass is 9.92. The zero-order valence-corrected chi connectivity index (χ0v) is 34.2. The summed E-state index contributed by atoms with van der Waals surface area (Å²) in [6.07, 6.45) is 0. The van der Waals surface area contributed by atoms with Crippen molar-refractivity contribution in [2.24, 2.45) is 0 Å². The monoisotopic (exact) mass is 802 g/mol. The molecule has 4 heteroatoms. The Morgan fingerprint density at radius 1 is 0.302 bits per heavy atom. The third-order valence-corrected chi connectivity index (χ3v) is 12.2. The highest BCUT2D eigenvalue weighted by Gasteiger charge is 2.21. The summed E-state index contributed by atoms with van der Waals surface area (Å²) >= 11 is 0. The van der Waals surface area contributed by atoms with Crippen LogP contribution in [0, 0.1) is 0 Å². The van der Waals surface area contributed by atoms with Crippen LogP contribution in [-0.4, -0.2) is 19.5 Å². The average Bonchev–Trinajstić information content (AvgIpc) is 3.71. The number of pyridine rings is 1. The number of hydrogen-bond donors (Lipinski definition) is 0. The number of rotatable bonds is 7.